The van der Waals surface area contributed by atoms with Crippen LogP contribution >= 0.6 is 0 Å². The maximum Gasteiger partial charge on any atom is 0.220 e. The summed E-state index contributed by atoms with van der Waals surface area (Å²) in [7, 11) is 0. The average molecular weight is 903 g/mol. The van der Waals surface area contributed by atoms with E-state index in [4.69, 9.17) is 0 Å². The topological polar surface area (TPSA) is 89.8 Å². The lowest BCUT2D eigenvalue weighted by atomic mass is 9.99. The second kappa shape index (κ2) is 54.4. The van der Waals surface area contributed by atoms with Crippen molar-refractivity contribution in [3.63, 3.8) is 0 Å². The Bertz CT molecular complexity index is 951. The second-order valence-electron chi connectivity index (χ2n) is 20.2. The number of carbonyl (C=O) groups excluding carboxylic acids is 1. The SMILES string of the molecule is CCCCCCCCCCCCCCC/C=C\C/C=C\CCCCCCCCCCCCCCCCCCCC(=O)NC(CO)C(O)C(O)CCCCCCCCCCCCCCC. The standard InChI is InChI=1S/C59H115NO4/c1-3-5-7-9-11-13-15-17-18-19-20-21-22-23-24-25-26-27-28-29-30-31-32-33-34-35-36-37-38-39-40-42-44-46-48-50-52-54-58(63)60-56(55-61)59(64)57(62)53-51-49-47-45-43-41-16-14-12-10-8-6-4-2/h24-25,27-28,56-57,59,61-62,64H,3-23,26,29-55H2,1-2H3,(H,60,63)/b25-24-,28-27-. The molecule has 0 aliphatic carbocycles. The zero-order valence-electron chi connectivity index (χ0n) is 43.4. The van der Waals surface area contributed by atoms with Gasteiger partial charge in [0.15, 0.2) is 0 Å². The van der Waals surface area contributed by atoms with Crippen LogP contribution in [0.15, 0.2) is 24.3 Å². The predicted octanol–water partition coefficient (Wildman–Crippen LogP) is 18.1. The maximum atomic E-state index is 12.5. The molecule has 0 radical (unpaired) electrons. The van der Waals surface area contributed by atoms with E-state index in [1.807, 2.05) is 0 Å². The summed E-state index contributed by atoms with van der Waals surface area (Å²) in [4.78, 5) is 12.5. The first kappa shape index (κ1) is 62.8. The molecule has 3 unspecified atom stereocenters. The van der Waals surface area contributed by atoms with E-state index >= 15 is 0 Å². The van der Waals surface area contributed by atoms with Crippen LogP contribution in [0, 0.1) is 0 Å². The first-order valence-corrected chi connectivity index (χ1v) is 29.1. The van der Waals surface area contributed by atoms with Crippen molar-refractivity contribution in [2.24, 2.45) is 0 Å². The maximum absolute atomic E-state index is 12.5. The fraction of sp³-hybridized carbons (Fsp3) is 0.915. The van der Waals surface area contributed by atoms with Gasteiger partial charge in [-0.3, -0.25) is 4.79 Å². The molecule has 5 heteroatoms. The zero-order chi connectivity index (χ0) is 46.5. The van der Waals surface area contributed by atoms with Gasteiger partial charge in [0, 0.05) is 6.42 Å². The van der Waals surface area contributed by atoms with Crippen molar-refractivity contribution in [2.45, 2.75) is 340 Å². The van der Waals surface area contributed by atoms with Gasteiger partial charge >= 0.3 is 0 Å². The summed E-state index contributed by atoms with van der Waals surface area (Å²) in [6.07, 6.45) is 69.3. The molecule has 0 saturated heterocycles. The summed E-state index contributed by atoms with van der Waals surface area (Å²) >= 11 is 0. The number of aliphatic hydroxyl groups is 3. The third-order valence-corrected chi connectivity index (χ3v) is 13.8. The molecule has 0 heterocycles. The molecule has 0 aliphatic rings. The molecule has 64 heavy (non-hydrogen) atoms. The molecule has 5 nitrogen and oxygen atoms in total. The molecule has 0 fully saturated rings. The highest BCUT2D eigenvalue weighted by Gasteiger charge is 2.26. The number of hydrogen-bond donors (Lipinski definition) is 4. The number of carbonyl (C=O) groups is 1. The van der Waals surface area contributed by atoms with E-state index < -0.39 is 18.2 Å². The molecule has 0 aliphatic heterocycles. The number of allylic oxidation sites excluding steroid dienone is 4. The Kier molecular flexibility index (Phi) is 53.4. The van der Waals surface area contributed by atoms with Crippen LogP contribution in [-0.2, 0) is 4.79 Å². The van der Waals surface area contributed by atoms with E-state index in [1.54, 1.807) is 0 Å². The Hall–Kier alpha value is -1.17. The van der Waals surface area contributed by atoms with E-state index in [0.717, 1.165) is 44.9 Å². The number of rotatable bonds is 54. The normalized spacial score (nSPS) is 13.4. The molecular weight excluding hydrogens is 787 g/mol. The highest BCUT2D eigenvalue weighted by molar-refractivity contribution is 5.76. The van der Waals surface area contributed by atoms with Crippen molar-refractivity contribution >= 4 is 5.91 Å². The summed E-state index contributed by atoms with van der Waals surface area (Å²) in [5.41, 5.74) is 0. The molecule has 0 aromatic carbocycles. The summed E-state index contributed by atoms with van der Waals surface area (Å²) < 4.78 is 0. The average Bonchev–Trinajstić information content (AvgIpc) is 3.30. The monoisotopic (exact) mass is 902 g/mol. The second-order valence-corrected chi connectivity index (χ2v) is 20.2. The Labute approximate surface area is 401 Å². The molecule has 0 rings (SSSR count). The molecule has 0 aromatic heterocycles. The van der Waals surface area contributed by atoms with E-state index in [1.165, 1.54) is 250 Å². The van der Waals surface area contributed by atoms with Gasteiger partial charge in [0.25, 0.3) is 0 Å². The molecule has 0 bridgehead atoms. The highest BCUT2D eigenvalue weighted by atomic mass is 16.3. The molecule has 0 saturated carbocycles. The Balaban J connectivity index is 3.45. The van der Waals surface area contributed by atoms with Gasteiger partial charge in [0.2, 0.25) is 5.91 Å². The third-order valence-electron chi connectivity index (χ3n) is 13.8. The fourth-order valence-corrected chi connectivity index (χ4v) is 9.31. The zero-order valence-corrected chi connectivity index (χ0v) is 43.4. The molecular formula is C59H115NO4. The summed E-state index contributed by atoms with van der Waals surface area (Å²) in [5, 5.41) is 33.7. The first-order valence-electron chi connectivity index (χ1n) is 29.1. The number of hydrogen-bond acceptors (Lipinski definition) is 4. The molecule has 1 amide bonds. The Morgan fingerprint density at radius 1 is 0.391 bits per heavy atom. The van der Waals surface area contributed by atoms with Gasteiger partial charge in [-0.2, -0.15) is 0 Å². The summed E-state index contributed by atoms with van der Waals surface area (Å²) in [6.45, 7) is 4.20. The Morgan fingerprint density at radius 2 is 0.672 bits per heavy atom. The van der Waals surface area contributed by atoms with E-state index in [2.05, 4.69) is 43.5 Å². The highest BCUT2D eigenvalue weighted by Crippen LogP contribution is 2.18. The number of aliphatic hydroxyl groups excluding tert-OH is 3. The van der Waals surface area contributed by atoms with Gasteiger partial charge in [-0.25, -0.2) is 0 Å². The van der Waals surface area contributed by atoms with Crippen molar-refractivity contribution < 1.29 is 20.1 Å². The summed E-state index contributed by atoms with van der Waals surface area (Å²) in [6, 6.07) is -0.807. The quantitative estimate of drug-likeness (QED) is 0.0362. The van der Waals surface area contributed by atoms with Crippen molar-refractivity contribution in [2.75, 3.05) is 6.61 Å². The minimum atomic E-state index is -1.13. The van der Waals surface area contributed by atoms with Crippen LogP contribution in [0.1, 0.15) is 322 Å². The molecule has 0 aromatic rings. The largest absolute Gasteiger partial charge is 0.394 e. The van der Waals surface area contributed by atoms with Gasteiger partial charge in [0.05, 0.1) is 18.8 Å². The van der Waals surface area contributed by atoms with Crippen LogP contribution in [-0.4, -0.2) is 46.1 Å². The lowest BCUT2D eigenvalue weighted by Crippen LogP contribution is -2.50. The number of unbranched alkanes of at least 4 members (excludes halogenated alkanes) is 42. The van der Waals surface area contributed by atoms with Gasteiger partial charge in [-0.15, -0.1) is 0 Å². The van der Waals surface area contributed by atoms with Crippen molar-refractivity contribution in [1.29, 1.82) is 0 Å². The van der Waals surface area contributed by atoms with E-state index in [-0.39, 0.29) is 12.5 Å². The lowest BCUT2D eigenvalue weighted by Gasteiger charge is -2.26. The first-order chi connectivity index (χ1) is 31.6. The van der Waals surface area contributed by atoms with Crippen molar-refractivity contribution in [1.82, 2.24) is 5.32 Å². The molecule has 380 valence electrons. The van der Waals surface area contributed by atoms with Crippen LogP contribution in [0.5, 0.6) is 0 Å². The van der Waals surface area contributed by atoms with Gasteiger partial charge in [0.1, 0.15) is 6.10 Å². The van der Waals surface area contributed by atoms with Crippen LogP contribution in [0.3, 0.4) is 0 Å². The lowest BCUT2D eigenvalue weighted by molar-refractivity contribution is -0.124. The minimum Gasteiger partial charge on any atom is -0.394 e. The third kappa shape index (κ3) is 48.8. The van der Waals surface area contributed by atoms with Crippen LogP contribution in [0.2, 0.25) is 0 Å². The van der Waals surface area contributed by atoms with Gasteiger partial charge in [-0.1, -0.05) is 295 Å². The van der Waals surface area contributed by atoms with Crippen molar-refractivity contribution in [3.05, 3.63) is 24.3 Å². The van der Waals surface area contributed by atoms with Gasteiger partial charge in [-0.05, 0) is 44.9 Å². The Morgan fingerprint density at radius 3 is 0.984 bits per heavy atom. The predicted molar refractivity (Wildman–Crippen MR) is 282 cm³/mol. The summed E-state index contributed by atoms with van der Waals surface area (Å²) in [5.74, 6) is -0.140. The van der Waals surface area contributed by atoms with Crippen LogP contribution in [0.25, 0.3) is 0 Å². The molecule has 4 N–H and O–H groups in total. The van der Waals surface area contributed by atoms with Crippen LogP contribution in [0.4, 0.5) is 0 Å². The smallest absolute Gasteiger partial charge is 0.220 e. The fourth-order valence-electron chi connectivity index (χ4n) is 9.31. The minimum absolute atomic E-state index is 0.140. The van der Waals surface area contributed by atoms with Crippen molar-refractivity contribution in [3.8, 4) is 0 Å². The van der Waals surface area contributed by atoms with E-state index in [0.29, 0.717) is 12.8 Å². The molecule has 0 spiro atoms. The van der Waals surface area contributed by atoms with E-state index in [9.17, 15) is 20.1 Å². The molecule has 3 atom stereocenters. The van der Waals surface area contributed by atoms with Crippen LogP contribution < -0.4 is 5.32 Å². The number of amides is 1. The van der Waals surface area contributed by atoms with Gasteiger partial charge < -0.3 is 20.6 Å². The number of nitrogens with one attached hydrogen (secondary N) is 1.